The largest absolute Gasteiger partial charge is 0.347 e. The number of hydrogen-bond donors (Lipinski definition) is 2. The molecule has 20 heavy (non-hydrogen) atoms. The zero-order valence-electron chi connectivity index (χ0n) is 12.0. The first-order valence-electron chi connectivity index (χ1n) is 6.18. The minimum Gasteiger partial charge on any atom is -0.347 e. The van der Waals surface area contributed by atoms with Crippen LogP contribution in [0.25, 0.3) is 0 Å². The molecule has 3 nitrogen and oxygen atoms in total. The molecule has 1 aromatic carbocycles. The highest BCUT2D eigenvalue weighted by molar-refractivity contribution is 5.85. The van der Waals surface area contributed by atoms with Crippen LogP contribution in [0.2, 0.25) is 0 Å². The monoisotopic (exact) mass is 306 g/mol. The molecule has 3 N–H and O–H groups in total. The molecule has 2 unspecified atom stereocenters. The Morgan fingerprint density at radius 2 is 1.80 bits per heavy atom. The molecule has 0 bridgehead atoms. The van der Waals surface area contributed by atoms with Gasteiger partial charge in [-0.1, -0.05) is 13.0 Å². The number of amides is 1. The predicted octanol–water partition coefficient (Wildman–Crippen LogP) is 2.72. The summed E-state index contributed by atoms with van der Waals surface area (Å²) >= 11 is 0. The van der Waals surface area contributed by atoms with Gasteiger partial charge in [0.05, 0.1) is 5.54 Å². The van der Waals surface area contributed by atoms with Crippen LogP contribution in [0.4, 0.5) is 8.78 Å². The van der Waals surface area contributed by atoms with Crippen LogP contribution in [-0.2, 0) is 10.3 Å². The van der Waals surface area contributed by atoms with Crippen molar-refractivity contribution in [1.82, 2.24) is 5.32 Å². The minimum absolute atomic E-state index is 0. The van der Waals surface area contributed by atoms with Crippen molar-refractivity contribution in [2.24, 2.45) is 11.7 Å². The second kappa shape index (κ2) is 6.99. The van der Waals surface area contributed by atoms with Gasteiger partial charge in [-0.05, 0) is 38.5 Å². The summed E-state index contributed by atoms with van der Waals surface area (Å²) in [6.07, 6.45) is 0. The summed E-state index contributed by atoms with van der Waals surface area (Å²) in [7, 11) is 0. The van der Waals surface area contributed by atoms with E-state index in [0.717, 1.165) is 12.1 Å². The van der Waals surface area contributed by atoms with E-state index in [1.165, 1.54) is 6.07 Å². The molecule has 0 aliphatic rings. The Morgan fingerprint density at radius 1 is 1.25 bits per heavy atom. The van der Waals surface area contributed by atoms with Gasteiger partial charge >= 0.3 is 0 Å². The lowest BCUT2D eigenvalue weighted by Gasteiger charge is -2.29. The highest BCUT2D eigenvalue weighted by Crippen LogP contribution is 2.22. The number of carbonyl (C=O) groups is 1. The van der Waals surface area contributed by atoms with Gasteiger partial charge in [0, 0.05) is 12.0 Å². The van der Waals surface area contributed by atoms with Gasteiger partial charge in [-0.15, -0.1) is 12.4 Å². The van der Waals surface area contributed by atoms with E-state index >= 15 is 0 Å². The van der Waals surface area contributed by atoms with Gasteiger partial charge < -0.3 is 11.1 Å². The molecule has 1 rings (SSSR count). The number of rotatable bonds is 4. The number of nitrogens with two attached hydrogens (primary N) is 1. The van der Waals surface area contributed by atoms with Crippen LogP contribution < -0.4 is 11.1 Å². The molecular weight excluding hydrogens is 286 g/mol. The fraction of sp³-hybridized carbons (Fsp3) is 0.500. The van der Waals surface area contributed by atoms with E-state index in [1.54, 1.807) is 27.7 Å². The number of benzene rings is 1. The van der Waals surface area contributed by atoms with Gasteiger partial charge in [-0.3, -0.25) is 4.79 Å². The third-order valence-corrected chi connectivity index (χ3v) is 3.28. The molecule has 0 fully saturated rings. The van der Waals surface area contributed by atoms with Gasteiger partial charge in [-0.2, -0.15) is 0 Å². The Balaban J connectivity index is 0.00000361. The van der Waals surface area contributed by atoms with Crippen molar-refractivity contribution < 1.29 is 13.6 Å². The maximum atomic E-state index is 13.2. The van der Waals surface area contributed by atoms with Gasteiger partial charge in [0.2, 0.25) is 5.91 Å². The SMILES string of the molecule is CC(N)C(C)C(=O)NC(C)(C)c1ccc(F)c(F)c1.Cl. The molecule has 0 spiro atoms. The van der Waals surface area contributed by atoms with Gasteiger partial charge in [0.15, 0.2) is 11.6 Å². The Bertz CT molecular complexity index is 478. The molecule has 0 aromatic heterocycles. The molecule has 0 aliphatic carbocycles. The van der Waals surface area contributed by atoms with Gasteiger partial charge in [0.1, 0.15) is 0 Å². The predicted molar refractivity (Wildman–Crippen MR) is 77.6 cm³/mol. The maximum Gasteiger partial charge on any atom is 0.225 e. The third-order valence-electron chi connectivity index (χ3n) is 3.28. The number of halogens is 3. The molecule has 0 saturated heterocycles. The van der Waals surface area contributed by atoms with Crippen LogP contribution in [0.3, 0.4) is 0 Å². The van der Waals surface area contributed by atoms with E-state index in [0.29, 0.717) is 5.56 Å². The third kappa shape index (κ3) is 4.42. The summed E-state index contributed by atoms with van der Waals surface area (Å²) in [4.78, 5) is 12.0. The smallest absolute Gasteiger partial charge is 0.225 e. The maximum absolute atomic E-state index is 13.2. The molecule has 114 valence electrons. The van der Waals surface area contributed by atoms with Crippen molar-refractivity contribution >= 4 is 18.3 Å². The van der Waals surface area contributed by atoms with E-state index in [-0.39, 0.29) is 30.3 Å². The average molecular weight is 307 g/mol. The van der Waals surface area contributed by atoms with E-state index in [9.17, 15) is 13.6 Å². The van der Waals surface area contributed by atoms with Crippen molar-refractivity contribution in [2.45, 2.75) is 39.3 Å². The van der Waals surface area contributed by atoms with E-state index < -0.39 is 17.2 Å². The first-order chi connectivity index (χ1) is 8.65. The molecule has 0 aliphatic heterocycles. The van der Waals surface area contributed by atoms with Crippen molar-refractivity contribution in [2.75, 3.05) is 0 Å². The number of hydrogen-bond acceptors (Lipinski definition) is 2. The molecule has 1 aromatic rings. The summed E-state index contributed by atoms with van der Waals surface area (Å²) in [5, 5.41) is 2.79. The summed E-state index contributed by atoms with van der Waals surface area (Å²) in [6.45, 7) is 6.92. The van der Waals surface area contributed by atoms with E-state index in [2.05, 4.69) is 5.32 Å². The van der Waals surface area contributed by atoms with Crippen molar-refractivity contribution in [3.63, 3.8) is 0 Å². The lowest BCUT2D eigenvalue weighted by atomic mass is 9.92. The summed E-state index contributed by atoms with van der Waals surface area (Å²) in [6, 6.07) is 3.32. The highest BCUT2D eigenvalue weighted by Gasteiger charge is 2.27. The summed E-state index contributed by atoms with van der Waals surface area (Å²) in [5.74, 6) is -2.41. The zero-order chi connectivity index (χ0) is 14.8. The number of nitrogens with one attached hydrogen (secondary N) is 1. The quantitative estimate of drug-likeness (QED) is 0.898. The van der Waals surface area contributed by atoms with Crippen molar-refractivity contribution in [3.8, 4) is 0 Å². The summed E-state index contributed by atoms with van der Waals surface area (Å²) in [5.41, 5.74) is 5.37. The van der Waals surface area contributed by atoms with Gasteiger partial charge in [-0.25, -0.2) is 8.78 Å². The normalized spacial score (nSPS) is 14.2. The topological polar surface area (TPSA) is 55.1 Å². The van der Waals surface area contributed by atoms with Crippen LogP contribution >= 0.6 is 12.4 Å². The van der Waals surface area contributed by atoms with Crippen LogP contribution in [0, 0.1) is 17.6 Å². The Labute approximate surface area is 124 Å². The van der Waals surface area contributed by atoms with Crippen LogP contribution in [-0.4, -0.2) is 11.9 Å². The molecule has 0 heterocycles. The number of carbonyl (C=O) groups excluding carboxylic acids is 1. The Kier molecular flexibility index (Phi) is 6.58. The fourth-order valence-corrected chi connectivity index (χ4v) is 1.62. The molecule has 1 amide bonds. The highest BCUT2D eigenvalue weighted by atomic mass is 35.5. The molecule has 6 heteroatoms. The second-order valence-corrected chi connectivity index (χ2v) is 5.39. The molecule has 0 saturated carbocycles. The van der Waals surface area contributed by atoms with E-state index in [4.69, 9.17) is 5.73 Å². The summed E-state index contributed by atoms with van der Waals surface area (Å²) < 4.78 is 26.1. The second-order valence-electron chi connectivity index (χ2n) is 5.39. The van der Waals surface area contributed by atoms with Crippen molar-refractivity contribution in [3.05, 3.63) is 35.4 Å². The van der Waals surface area contributed by atoms with Gasteiger partial charge in [0.25, 0.3) is 0 Å². The standard InChI is InChI=1S/C14H20F2N2O.ClH/c1-8(9(2)17)13(19)18-14(3,4)10-5-6-11(15)12(16)7-10;/h5-9H,17H2,1-4H3,(H,18,19);1H. The molecular formula is C14H21ClF2N2O. The molecule has 0 radical (unpaired) electrons. The first kappa shape index (κ1) is 18.8. The average Bonchev–Trinajstić information content (AvgIpc) is 2.30. The Morgan fingerprint density at radius 3 is 2.25 bits per heavy atom. The van der Waals surface area contributed by atoms with Crippen molar-refractivity contribution in [1.29, 1.82) is 0 Å². The fourth-order valence-electron chi connectivity index (χ4n) is 1.62. The zero-order valence-corrected chi connectivity index (χ0v) is 12.9. The lowest BCUT2D eigenvalue weighted by molar-refractivity contribution is -0.126. The minimum atomic E-state index is -0.930. The van der Waals surface area contributed by atoms with Crippen LogP contribution in [0.15, 0.2) is 18.2 Å². The lowest BCUT2D eigenvalue weighted by Crippen LogP contribution is -2.47. The van der Waals surface area contributed by atoms with Crippen LogP contribution in [0.1, 0.15) is 33.3 Å². The molecule has 2 atom stereocenters. The first-order valence-corrected chi connectivity index (χ1v) is 6.18. The van der Waals surface area contributed by atoms with Crippen LogP contribution in [0.5, 0.6) is 0 Å². The van der Waals surface area contributed by atoms with E-state index in [1.807, 2.05) is 0 Å². The Hall–Kier alpha value is -1.20.